The van der Waals surface area contributed by atoms with Gasteiger partial charge in [-0.1, -0.05) is 36.4 Å². The second-order valence-electron chi connectivity index (χ2n) is 10.1. The van der Waals surface area contributed by atoms with Crippen LogP contribution in [0.15, 0.2) is 71.8 Å². The number of non-ortho nitro benzene ring substituents is 2. The van der Waals surface area contributed by atoms with Crippen molar-refractivity contribution in [2.24, 2.45) is 0 Å². The number of nitrogens with one attached hydrogen (secondary N) is 1. The molecule has 0 spiro atoms. The third-order valence-corrected chi connectivity index (χ3v) is 7.25. The first-order valence-electron chi connectivity index (χ1n) is 13.4. The van der Waals surface area contributed by atoms with E-state index in [1.165, 1.54) is 57.8 Å². The summed E-state index contributed by atoms with van der Waals surface area (Å²) in [6, 6.07) is 9.92. The fraction of sp³-hybridized carbons (Fsp3) is 0.286. The van der Waals surface area contributed by atoms with E-state index in [1.807, 2.05) is 0 Å². The summed E-state index contributed by atoms with van der Waals surface area (Å²) in [4.78, 5) is 74.5. The van der Waals surface area contributed by atoms with Crippen molar-refractivity contribution in [2.45, 2.75) is 38.4 Å². The molecular formula is C28H28N6O10. The SMILES string of the molecule is O=C(CC(C1=CCN(Cc2ccc([N+](=O)[O-])cc2)C1=O)N(O)C(=O)CCC1=CCN(Cc2ccc([N+](=O)[O-])cc2)C1=O)NO. The van der Waals surface area contributed by atoms with Gasteiger partial charge in [-0.2, -0.15) is 0 Å². The van der Waals surface area contributed by atoms with Crippen LogP contribution in [0.3, 0.4) is 0 Å². The van der Waals surface area contributed by atoms with Crippen LogP contribution in [0.1, 0.15) is 30.4 Å². The molecule has 0 saturated carbocycles. The summed E-state index contributed by atoms with van der Waals surface area (Å²) in [6.45, 7) is 0.605. The number of hydrogen-bond acceptors (Lipinski definition) is 10. The highest BCUT2D eigenvalue weighted by atomic mass is 16.6. The first-order valence-corrected chi connectivity index (χ1v) is 13.4. The van der Waals surface area contributed by atoms with Gasteiger partial charge in [0, 0.05) is 68.0 Å². The van der Waals surface area contributed by atoms with Gasteiger partial charge in [0.15, 0.2) is 0 Å². The fourth-order valence-electron chi connectivity index (χ4n) is 4.88. The lowest BCUT2D eigenvalue weighted by molar-refractivity contribution is -0.385. The van der Waals surface area contributed by atoms with E-state index in [9.17, 15) is 44.6 Å². The molecule has 1 unspecified atom stereocenters. The Morgan fingerprint density at radius 2 is 1.36 bits per heavy atom. The van der Waals surface area contributed by atoms with E-state index in [0.29, 0.717) is 16.7 Å². The molecule has 2 aliphatic heterocycles. The van der Waals surface area contributed by atoms with Crippen LogP contribution in [-0.2, 0) is 32.3 Å². The zero-order chi connectivity index (χ0) is 32.0. The summed E-state index contributed by atoms with van der Waals surface area (Å²) in [5.74, 6) is -2.75. The second-order valence-corrected chi connectivity index (χ2v) is 10.1. The lowest BCUT2D eigenvalue weighted by Gasteiger charge is -2.27. The standard InChI is InChI=1S/C28H28N6O10/c35-25(29-39)15-24(23-12-14-31(28(23)38)17-19-3-8-22(9-4-19)34(43)44)32(40)26(36)10-5-20-11-13-30(27(20)37)16-18-1-6-21(7-2-18)33(41)42/h1-4,6-9,11-12,24,39-40H,5,10,13-17H2,(H,29,35). The van der Waals surface area contributed by atoms with E-state index in [1.54, 1.807) is 18.2 Å². The van der Waals surface area contributed by atoms with Gasteiger partial charge in [0.05, 0.1) is 22.3 Å². The third kappa shape index (κ3) is 7.29. The second kappa shape index (κ2) is 13.7. The molecular weight excluding hydrogens is 580 g/mol. The Bertz CT molecular complexity index is 1540. The predicted molar refractivity (Wildman–Crippen MR) is 149 cm³/mol. The van der Waals surface area contributed by atoms with E-state index in [2.05, 4.69) is 0 Å². The van der Waals surface area contributed by atoms with Gasteiger partial charge in [0.2, 0.25) is 17.7 Å². The highest BCUT2D eigenvalue weighted by molar-refractivity contribution is 5.99. The minimum atomic E-state index is -1.43. The van der Waals surface area contributed by atoms with Crippen molar-refractivity contribution in [3.05, 3.63) is 103 Å². The van der Waals surface area contributed by atoms with Crippen LogP contribution in [0.25, 0.3) is 0 Å². The number of carbonyl (C=O) groups excluding carboxylic acids is 4. The average molecular weight is 609 g/mol. The van der Waals surface area contributed by atoms with Crippen LogP contribution in [0, 0.1) is 20.2 Å². The van der Waals surface area contributed by atoms with E-state index >= 15 is 0 Å². The van der Waals surface area contributed by atoms with Crippen LogP contribution in [0.4, 0.5) is 11.4 Å². The normalized spacial score (nSPS) is 15.1. The number of nitro benzene ring substituents is 2. The van der Waals surface area contributed by atoms with Crippen molar-refractivity contribution in [3.63, 3.8) is 0 Å². The lowest BCUT2D eigenvalue weighted by atomic mass is 10.0. The van der Waals surface area contributed by atoms with Crippen LogP contribution in [-0.4, -0.2) is 77.9 Å². The summed E-state index contributed by atoms with van der Waals surface area (Å²) in [7, 11) is 0. The first kappa shape index (κ1) is 31.5. The zero-order valence-electron chi connectivity index (χ0n) is 23.2. The summed E-state index contributed by atoms with van der Waals surface area (Å²) < 4.78 is 0. The van der Waals surface area contributed by atoms with Gasteiger partial charge in [0.1, 0.15) is 0 Å². The molecule has 2 heterocycles. The molecule has 0 aliphatic carbocycles. The molecule has 0 fully saturated rings. The van der Waals surface area contributed by atoms with Gasteiger partial charge >= 0.3 is 0 Å². The molecule has 0 saturated heterocycles. The zero-order valence-corrected chi connectivity index (χ0v) is 23.2. The summed E-state index contributed by atoms with van der Waals surface area (Å²) in [6.07, 6.45) is 2.08. The number of rotatable bonds is 13. The number of hydroxylamine groups is 3. The van der Waals surface area contributed by atoms with E-state index < -0.39 is 40.0 Å². The molecule has 16 heteroatoms. The van der Waals surface area contributed by atoms with E-state index in [0.717, 1.165) is 0 Å². The molecule has 16 nitrogen and oxygen atoms in total. The Hall–Kier alpha value is -5.48. The van der Waals surface area contributed by atoms with Crippen molar-refractivity contribution >= 4 is 35.0 Å². The average Bonchev–Trinajstić information content (AvgIpc) is 3.55. The number of amides is 4. The van der Waals surface area contributed by atoms with Gasteiger partial charge in [-0.15, -0.1) is 0 Å². The largest absolute Gasteiger partial charge is 0.331 e. The van der Waals surface area contributed by atoms with Crippen molar-refractivity contribution in [1.29, 1.82) is 0 Å². The van der Waals surface area contributed by atoms with Crippen molar-refractivity contribution < 1.29 is 39.4 Å². The quantitative estimate of drug-likeness (QED) is 0.171. The Balaban J connectivity index is 1.35. The number of carbonyl (C=O) groups is 4. The minimum Gasteiger partial charge on any atom is -0.331 e. The molecule has 4 amide bonds. The molecule has 2 aromatic rings. The number of nitro groups is 2. The maximum atomic E-state index is 13.2. The Morgan fingerprint density at radius 3 is 1.86 bits per heavy atom. The van der Waals surface area contributed by atoms with Crippen LogP contribution in [0.2, 0.25) is 0 Å². The van der Waals surface area contributed by atoms with E-state index in [-0.39, 0.29) is 66.9 Å². The molecule has 3 N–H and O–H groups in total. The smallest absolute Gasteiger partial charge is 0.269 e. The van der Waals surface area contributed by atoms with Crippen molar-refractivity contribution in [1.82, 2.24) is 20.3 Å². The minimum absolute atomic E-state index is 0.0380. The summed E-state index contributed by atoms with van der Waals surface area (Å²) in [5, 5.41) is 41.8. The molecule has 1 atom stereocenters. The maximum Gasteiger partial charge on any atom is 0.269 e. The molecule has 0 radical (unpaired) electrons. The van der Waals surface area contributed by atoms with E-state index in [4.69, 9.17) is 5.21 Å². The molecule has 44 heavy (non-hydrogen) atoms. The number of hydrogen-bond donors (Lipinski definition) is 3. The van der Waals surface area contributed by atoms with Gasteiger partial charge in [-0.3, -0.25) is 49.8 Å². The van der Waals surface area contributed by atoms with Crippen LogP contribution < -0.4 is 5.48 Å². The molecule has 0 bridgehead atoms. The van der Waals surface area contributed by atoms with Crippen LogP contribution >= 0.6 is 0 Å². The Kier molecular flexibility index (Phi) is 9.77. The number of benzene rings is 2. The van der Waals surface area contributed by atoms with Crippen LogP contribution in [0.5, 0.6) is 0 Å². The Morgan fingerprint density at radius 1 is 0.864 bits per heavy atom. The topological polar surface area (TPSA) is 217 Å². The number of nitrogens with zero attached hydrogens (tertiary/aromatic N) is 5. The van der Waals surface area contributed by atoms with Gasteiger partial charge in [-0.05, 0) is 17.5 Å². The highest BCUT2D eigenvalue weighted by Crippen LogP contribution is 2.26. The predicted octanol–water partition coefficient (Wildman–Crippen LogP) is 2.00. The fourth-order valence-corrected chi connectivity index (χ4v) is 4.88. The third-order valence-electron chi connectivity index (χ3n) is 7.25. The monoisotopic (exact) mass is 608 g/mol. The highest BCUT2D eigenvalue weighted by Gasteiger charge is 2.37. The molecule has 2 aromatic carbocycles. The first-order chi connectivity index (χ1) is 21.0. The molecule has 4 rings (SSSR count). The molecule has 0 aromatic heterocycles. The van der Waals surface area contributed by atoms with Crippen molar-refractivity contribution in [3.8, 4) is 0 Å². The molecule has 2 aliphatic rings. The summed E-state index contributed by atoms with van der Waals surface area (Å²) >= 11 is 0. The van der Waals surface area contributed by atoms with Crippen molar-refractivity contribution in [2.75, 3.05) is 13.1 Å². The summed E-state index contributed by atoms with van der Waals surface area (Å²) in [5.41, 5.74) is 2.77. The maximum absolute atomic E-state index is 13.2. The molecule has 230 valence electrons. The Labute approximate surface area is 249 Å². The van der Waals surface area contributed by atoms with Gasteiger partial charge < -0.3 is 9.80 Å². The lowest BCUT2D eigenvalue weighted by Crippen LogP contribution is -2.44. The van der Waals surface area contributed by atoms with Gasteiger partial charge in [-0.25, -0.2) is 10.5 Å². The van der Waals surface area contributed by atoms with Gasteiger partial charge in [0.25, 0.3) is 17.3 Å².